The number of rotatable bonds is 11. The molecule has 0 amide bonds. The van der Waals surface area contributed by atoms with Crippen LogP contribution in [-0.2, 0) is 38.0 Å². The third-order valence-corrected chi connectivity index (χ3v) is 13.5. The smallest absolute Gasteiger partial charge is 0.338 e. The Bertz CT molecular complexity index is 1400. The van der Waals surface area contributed by atoms with Gasteiger partial charge in [0, 0.05) is 89.6 Å². The lowest BCUT2D eigenvalue weighted by Gasteiger charge is -2.70. The van der Waals surface area contributed by atoms with Gasteiger partial charge < -0.3 is 43.4 Å². The van der Waals surface area contributed by atoms with Crippen molar-refractivity contribution in [2.45, 2.75) is 87.5 Å². The number of piperidine rings is 1. The zero-order valence-electron chi connectivity index (χ0n) is 29.0. The number of aliphatic hydroxyl groups excluding tert-OH is 1. The molecule has 12 nitrogen and oxygen atoms in total. The monoisotopic (exact) mass is 673 g/mol. The molecule has 7 rings (SSSR count). The van der Waals surface area contributed by atoms with Crippen molar-refractivity contribution in [3.05, 3.63) is 35.9 Å². The van der Waals surface area contributed by atoms with Gasteiger partial charge in [0.15, 0.2) is 0 Å². The normalized spacial score (nSPS) is 48.3. The molecule has 3 unspecified atom stereocenters. The third-order valence-electron chi connectivity index (χ3n) is 13.5. The van der Waals surface area contributed by atoms with E-state index in [-0.39, 0.29) is 36.9 Å². The summed E-state index contributed by atoms with van der Waals surface area (Å²) in [6.07, 6.45) is -4.37. The predicted molar refractivity (Wildman–Crippen MR) is 170 cm³/mol. The SMILES string of the molecule is CCO[C@@]12C3C4N(CC)C[C@]5(COC)[C@H](OC(C)=O)C[C@H](OC)C4([C@@H]4C[C@](O)([C@@H](OC(=O)c6ccccc6)[C@@H]41)[C@@H](OC)[C@@H]2O)[C@@H]5[C@H]3OC. The van der Waals surface area contributed by atoms with Gasteiger partial charge in [-0.05, 0) is 37.9 Å². The maximum absolute atomic E-state index is 13.8. The Morgan fingerprint density at radius 1 is 0.958 bits per heavy atom. The molecule has 266 valence electrons. The molecule has 7 bridgehead atoms. The molecule has 1 spiro atoms. The Labute approximate surface area is 282 Å². The van der Waals surface area contributed by atoms with E-state index in [0.29, 0.717) is 31.7 Å². The number of carbonyl (C=O) groups excluding carboxylic acids is 2. The molecule has 1 saturated heterocycles. The number of likely N-dealkylation sites (tertiary alicyclic amines) is 1. The van der Waals surface area contributed by atoms with Gasteiger partial charge in [0.1, 0.15) is 35.6 Å². The lowest BCUT2D eigenvalue weighted by molar-refractivity contribution is -0.330. The minimum absolute atomic E-state index is 0.170. The lowest BCUT2D eigenvalue weighted by Crippen LogP contribution is -2.81. The highest BCUT2D eigenvalue weighted by atomic mass is 16.6. The summed E-state index contributed by atoms with van der Waals surface area (Å²) in [7, 11) is 6.51. The van der Waals surface area contributed by atoms with Gasteiger partial charge in [0.05, 0.1) is 24.4 Å². The molecule has 5 saturated carbocycles. The van der Waals surface area contributed by atoms with Crippen LogP contribution < -0.4 is 0 Å². The van der Waals surface area contributed by atoms with Gasteiger partial charge in [-0.25, -0.2) is 4.79 Å². The summed E-state index contributed by atoms with van der Waals surface area (Å²) in [4.78, 5) is 28.9. The van der Waals surface area contributed by atoms with Crippen LogP contribution in [0.3, 0.4) is 0 Å². The Kier molecular flexibility index (Phi) is 8.55. The van der Waals surface area contributed by atoms with E-state index in [1.165, 1.54) is 14.0 Å². The van der Waals surface area contributed by atoms with Gasteiger partial charge in [0.25, 0.3) is 0 Å². The van der Waals surface area contributed by atoms with E-state index < -0.39 is 76.5 Å². The standard InChI is InChI=1S/C36H51NO11/c1-8-37-17-33(18-42-4)22(47-19(3)38)15-23(43-5)35-21-16-34(41)30(48-32(40)20-13-11-10-12-14-20)24(21)36(46-9-2,29(39)31(34)45-7)25(28(35)37)26(44-6)27(33)35/h10-14,21-31,39,41H,8-9,15-18H2,1-7H3/t21-,22-,23+,24-,25?,26+,27-,28?,29+,30+,31+,33+,34+,35?,36-/m1/s1. The first kappa shape index (κ1) is 34.3. The molecule has 12 heteroatoms. The van der Waals surface area contributed by atoms with E-state index in [0.717, 1.165) is 0 Å². The summed E-state index contributed by atoms with van der Waals surface area (Å²) < 4.78 is 44.7. The predicted octanol–water partition coefficient (Wildman–Crippen LogP) is 1.69. The largest absolute Gasteiger partial charge is 0.462 e. The van der Waals surface area contributed by atoms with E-state index in [1.54, 1.807) is 45.6 Å². The molecule has 6 fully saturated rings. The van der Waals surface area contributed by atoms with Crippen LogP contribution in [0.4, 0.5) is 0 Å². The molecule has 0 aromatic heterocycles. The van der Waals surface area contributed by atoms with Crippen molar-refractivity contribution in [3.8, 4) is 0 Å². The van der Waals surface area contributed by atoms with Gasteiger partial charge >= 0.3 is 11.9 Å². The number of hydrogen-bond donors (Lipinski definition) is 2. The van der Waals surface area contributed by atoms with Crippen LogP contribution >= 0.6 is 0 Å². The number of esters is 2. The number of fused-ring (bicyclic) bond motifs is 2. The maximum atomic E-state index is 13.8. The van der Waals surface area contributed by atoms with E-state index in [1.807, 2.05) is 13.0 Å². The minimum atomic E-state index is -1.74. The fourth-order valence-electron chi connectivity index (χ4n) is 12.7. The van der Waals surface area contributed by atoms with Gasteiger partial charge in [-0.2, -0.15) is 0 Å². The number of carbonyl (C=O) groups is 2. The first-order chi connectivity index (χ1) is 23.0. The summed E-state index contributed by atoms with van der Waals surface area (Å²) in [6, 6.07) is 8.51. The van der Waals surface area contributed by atoms with Crippen LogP contribution in [0, 0.1) is 34.5 Å². The van der Waals surface area contributed by atoms with Crippen LogP contribution in [-0.4, -0.2) is 136 Å². The van der Waals surface area contributed by atoms with E-state index in [2.05, 4.69) is 11.8 Å². The molecule has 1 aliphatic heterocycles. The maximum Gasteiger partial charge on any atom is 0.338 e. The number of ether oxygens (including phenoxy) is 7. The fourth-order valence-corrected chi connectivity index (χ4v) is 12.7. The Hall–Kier alpha value is -2.16. The third kappa shape index (κ3) is 4.00. The Morgan fingerprint density at radius 3 is 2.27 bits per heavy atom. The van der Waals surface area contributed by atoms with Crippen molar-refractivity contribution >= 4 is 11.9 Å². The fraction of sp³-hybridized carbons (Fsp3) is 0.778. The molecule has 48 heavy (non-hydrogen) atoms. The summed E-state index contributed by atoms with van der Waals surface area (Å²) in [6.45, 7) is 7.20. The van der Waals surface area contributed by atoms with Crippen molar-refractivity contribution in [2.24, 2.45) is 34.5 Å². The molecule has 5 aliphatic carbocycles. The number of methoxy groups -OCH3 is 4. The quantitative estimate of drug-likeness (QED) is 0.330. The van der Waals surface area contributed by atoms with Gasteiger partial charge in [-0.15, -0.1) is 0 Å². The molecular weight excluding hydrogens is 622 g/mol. The van der Waals surface area contributed by atoms with E-state index in [4.69, 9.17) is 33.2 Å². The Morgan fingerprint density at radius 2 is 1.69 bits per heavy atom. The number of hydrogen-bond acceptors (Lipinski definition) is 12. The zero-order chi connectivity index (χ0) is 34.4. The molecule has 1 heterocycles. The van der Waals surface area contributed by atoms with Crippen molar-refractivity contribution in [1.82, 2.24) is 4.90 Å². The molecule has 15 atom stereocenters. The van der Waals surface area contributed by atoms with Crippen LogP contribution in [0.25, 0.3) is 0 Å². The molecule has 6 aliphatic rings. The lowest BCUT2D eigenvalue weighted by atomic mass is 9.42. The van der Waals surface area contributed by atoms with Crippen LogP contribution in [0.1, 0.15) is 44.0 Å². The van der Waals surface area contributed by atoms with Crippen LogP contribution in [0.15, 0.2) is 30.3 Å². The summed E-state index contributed by atoms with van der Waals surface area (Å²) >= 11 is 0. The topological polar surface area (TPSA) is 142 Å². The van der Waals surface area contributed by atoms with Crippen LogP contribution in [0.2, 0.25) is 0 Å². The van der Waals surface area contributed by atoms with Crippen molar-refractivity contribution in [1.29, 1.82) is 0 Å². The van der Waals surface area contributed by atoms with Crippen LogP contribution in [0.5, 0.6) is 0 Å². The number of aliphatic hydroxyl groups is 2. The second-order valence-electron chi connectivity index (χ2n) is 14.8. The zero-order valence-corrected chi connectivity index (χ0v) is 29.0. The van der Waals surface area contributed by atoms with Gasteiger partial charge in [-0.3, -0.25) is 9.69 Å². The number of benzene rings is 1. The van der Waals surface area contributed by atoms with Crippen molar-refractivity contribution in [3.63, 3.8) is 0 Å². The number of nitrogens with zero attached hydrogens (tertiary/aromatic N) is 1. The molecule has 1 aromatic rings. The highest BCUT2D eigenvalue weighted by Gasteiger charge is 2.91. The summed E-state index contributed by atoms with van der Waals surface area (Å²) in [5.74, 6) is -2.72. The van der Waals surface area contributed by atoms with Gasteiger partial charge in [0.2, 0.25) is 0 Å². The van der Waals surface area contributed by atoms with E-state index >= 15 is 0 Å². The minimum Gasteiger partial charge on any atom is -0.462 e. The first-order valence-corrected chi connectivity index (χ1v) is 17.3. The van der Waals surface area contributed by atoms with E-state index in [9.17, 15) is 19.8 Å². The molecule has 1 aromatic carbocycles. The average Bonchev–Trinajstić information content (AvgIpc) is 3.44. The Balaban J connectivity index is 1.51. The summed E-state index contributed by atoms with van der Waals surface area (Å²) in [5.41, 5.74) is -4.14. The second kappa shape index (κ2) is 12.0. The second-order valence-corrected chi connectivity index (χ2v) is 14.8. The molecule has 0 radical (unpaired) electrons. The first-order valence-electron chi connectivity index (χ1n) is 17.3. The average molecular weight is 674 g/mol. The molecular formula is C36H51NO11. The highest BCUT2D eigenvalue weighted by Crippen LogP contribution is 2.80. The van der Waals surface area contributed by atoms with Gasteiger partial charge in [-0.1, -0.05) is 25.1 Å². The van der Waals surface area contributed by atoms with Crippen molar-refractivity contribution < 1.29 is 53.0 Å². The highest BCUT2D eigenvalue weighted by molar-refractivity contribution is 5.89. The summed E-state index contributed by atoms with van der Waals surface area (Å²) in [5, 5.41) is 25.5. The van der Waals surface area contributed by atoms with Crippen molar-refractivity contribution in [2.75, 3.05) is 54.7 Å². The molecule has 2 N–H and O–H groups in total.